The number of allylic oxidation sites excluding steroid dienone is 1. The summed E-state index contributed by atoms with van der Waals surface area (Å²) in [6.07, 6.45) is 8.91. The number of carbonyl (C=O) groups excluding carboxylic acids is 2. The van der Waals surface area contributed by atoms with E-state index in [9.17, 15) is 9.59 Å². The van der Waals surface area contributed by atoms with Crippen molar-refractivity contribution >= 4 is 23.9 Å². The van der Waals surface area contributed by atoms with Gasteiger partial charge in [0, 0.05) is 11.6 Å². The van der Waals surface area contributed by atoms with Crippen molar-refractivity contribution in [3.05, 3.63) is 82.9 Å². The molecular formula is C28H33NO3. The summed E-state index contributed by atoms with van der Waals surface area (Å²) in [4.78, 5) is 26.7. The van der Waals surface area contributed by atoms with Crippen molar-refractivity contribution in [3.63, 3.8) is 0 Å². The van der Waals surface area contributed by atoms with E-state index in [2.05, 4.69) is 24.1 Å². The molecule has 32 heavy (non-hydrogen) atoms. The molecule has 0 bridgehead atoms. The van der Waals surface area contributed by atoms with E-state index in [0.717, 1.165) is 24.2 Å². The zero-order valence-corrected chi connectivity index (χ0v) is 19.5. The van der Waals surface area contributed by atoms with Crippen molar-refractivity contribution in [3.8, 4) is 0 Å². The van der Waals surface area contributed by atoms with Gasteiger partial charge in [-0.15, -0.1) is 0 Å². The molecule has 1 heterocycles. The second-order valence-corrected chi connectivity index (χ2v) is 9.43. The molecule has 0 amide bonds. The van der Waals surface area contributed by atoms with Gasteiger partial charge in [0.1, 0.15) is 5.60 Å². The van der Waals surface area contributed by atoms with Gasteiger partial charge in [-0.25, -0.2) is 4.79 Å². The molecule has 4 heteroatoms. The fourth-order valence-electron chi connectivity index (χ4n) is 3.75. The minimum absolute atomic E-state index is 0.00572. The Balaban J connectivity index is 1.55. The first-order valence-corrected chi connectivity index (χ1v) is 11.2. The molecule has 2 aromatic rings. The van der Waals surface area contributed by atoms with Gasteiger partial charge in [0.25, 0.3) is 0 Å². The van der Waals surface area contributed by atoms with E-state index in [1.807, 2.05) is 63.2 Å². The third-order valence-electron chi connectivity index (χ3n) is 5.57. The van der Waals surface area contributed by atoms with Crippen LogP contribution in [0.25, 0.3) is 12.2 Å². The van der Waals surface area contributed by atoms with Crippen molar-refractivity contribution in [1.82, 2.24) is 4.90 Å². The molecule has 0 aromatic heterocycles. The quantitative estimate of drug-likeness (QED) is 0.332. The zero-order valence-electron chi connectivity index (χ0n) is 19.5. The Labute approximate surface area is 191 Å². The van der Waals surface area contributed by atoms with Crippen LogP contribution in [0.15, 0.2) is 60.7 Å². The van der Waals surface area contributed by atoms with Gasteiger partial charge >= 0.3 is 5.97 Å². The third kappa shape index (κ3) is 7.31. The second-order valence-electron chi connectivity index (χ2n) is 9.43. The largest absolute Gasteiger partial charge is 0.457 e. The molecule has 1 aliphatic rings. The van der Waals surface area contributed by atoms with E-state index < -0.39 is 5.60 Å². The highest BCUT2D eigenvalue weighted by Crippen LogP contribution is 2.27. The lowest BCUT2D eigenvalue weighted by Gasteiger charge is -2.29. The van der Waals surface area contributed by atoms with Gasteiger partial charge in [0.2, 0.25) is 0 Å². The van der Waals surface area contributed by atoms with Gasteiger partial charge in [-0.1, -0.05) is 54.6 Å². The van der Waals surface area contributed by atoms with Gasteiger partial charge in [0.15, 0.2) is 5.78 Å². The molecule has 2 aromatic carbocycles. The van der Waals surface area contributed by atoms with Crippen molar-refractivity contribution in [2.45, 2.75) is 45.1 Å². The normalized spacial score (nSPS) is 16.0. The molecule has 0 radical (unpaired) electrons. The minimum Gasteiger partial charge on any atom is -0.457 e. The molecule has 1 saturated heterocycles. The number of carbonyl (C=O) groups is 2. The molecule has 3 rings (SSSR count). The van der Waals surface area contributed by atoms with Crippen molar-refractivity contribution in [1.29, 1.82) is 0 Å². The van der Waals surface area contributed by atoms with Crippen LogP contribution in [0.4, 0.5) is 0 Å². The summed E-state index contributed by atoms with van der Waals surface area (Å²) in [6.45, 7) is 7.77. The van der Waals surface area contributed by atoms with Crippen molar-refractivity contribution in [2.24, 2.45) is 0 Å². The monoisotopic (exact) mass is 431 g/mol. The summed E-state index contributed by atoms with van der Waals surface area (Å²) in [7, 11) is 2.17. The first-order valence-electron chi connectivity index (χ1n) is 11.2. The van der Waals surface area contributed by atoms with Crippen LogP contribution in [0.2, 0.25) is 0 Å². The average molecular weight is 432 g/mol. The number of benzene rings is 2. The van der Waals surface area contributed by atoms with E-state index in [1.165, 1.54) is 24.5 Å². The van der Waals surface area contributed by atoms with Crippen LogP contribution in [0.3, 0.4) is 0 Å². The Kier molecular flexibility index (Phi) is 7.81. The van der Waals surface area contributed by atoms with E-state index in [1.54, 1.807) is 12.2 Å². The third-order valence-corrected chi connectivity index (χ3v) is 5.57. The maximum atomic E-state index is 12.6. The average Bonchev–Trinajstić information content (AvgIpc) is 2.76. The van der Waals surface area contributed by atoms with Crippen molar-refractivity contribution < 1.29 is 14.3 Å². The highest BCUT2D eigenvalue weighted by atomic mass is 16.6. The molecular weight excluding hydrogens is 398 g/mol. The minimum atomic E-state index is -0.504. The SMILES string of the molecule is CN1CCC(c2ccc(C(=O)/C=C/c3ccc(/C=C/C(=O)OC(C)(C)C)cc3)cc2)CC1. The van der Waals surface area contributed by atoms with E-state index in [-0.39, 0.29) is 11.8 Å². The Hall–Kier alpha value is -2.98. The fourth-order valence-corrected chi connectivity index (χ4v) is 3.75. The highest BCUT2D eigenvalue weighted by molar-refractivity contribution is 6.06. The number of hydrogen-bond acceptors (Lipinski definition) is 4. The Bertz CT molecular complexity index is 971. The lowest BCUT2D eigenvalue weighted by Crippen LogP contribution is -2.29. The standard InChI is InChI=1S/C28H33NO3/c1-28(2,3)32-27(31)16-10-22-7-5-21(6-8-22)9-15-26(30)25-13-11-23(12-14-25)24-17-19-29(4)20-18-24/h5-16,24H,17-20H2,1-4H3/b15-9+,16-10+. The van der Waals surface area contributed by atoms with Gasteiger partial charge < -0.3 is 9.64 Å². The molecule has 0 unspecified atom stereocenters. The van der Waals surface area contributed by atoms with Crippen LogP contribution in [-0.2, 0) is 9.53 Å². The van der Waals surface area contributed by atoms with E-state index in [4.69, 9.17) is 4.74 Å². The van der Waals surface area contributed by atoms with Crippen LogP contribution in [0.1, 0.15) is 66.6 Å². The first kappa shape index (κ1) is 23.7. The van der Waals surface area contributed by atoms with Crippen LogP contribution >= 0.6 is 0 Å². The highest BCUT2D eigenvalue weighted by Gasteiger charge is 2.18. The van der Waals surface area contributed by atoms with Crippen LogP contribution in [0, 0.1) is 0 Å². The molecule has 4 nitrogen and oxygen atoms in total. The molecule has 1 fully saturated rings. The topological polar surface area (TPSA) is 46.6 Å². The molecule has 0 spiro atoms. The lowest BCUT2D eigenvalue weighted by molar-refractivity contribution is -0.148. The summed E-state index contributed by atoms with van der Waals surface area (Å²) in [6, 6.07) is 15.7. The summed E-state index contributed by atoms with van der Waals surface area (Å²) in [5, 5.41) is 0. The number of ether oxygens (including phenoxy) is 1. The van der Waals surface area contributed by atoms with Gasteiger partial charge in [-0.3, -0.25) is 4.79 Å². The van der Waals surface area contributed by atoms with Gasteiger partial charge in [-0.05, 0) is 88.5 Å². The van der Waals surface area contributed by atoms with Crippen LogP contribution in [0.5, 0.6) is 0 Å². The van der Waals surface area contributed by atoms with Gasteiger partial charge in [-0.2, -0.15) is 0 Å². The number of rotatable bonds is 6. The summed E-state index contributed by atoms with van der Waals surface area (Å²) >= 11 is 0. The zero-order chi connectivity index (χ0) is 23.1. The van der Waals surface area contributed by atoms with Crippen LogP contribution in [-0.4, -0.2) is 42.4 Å². The molecule has 168 valence electrons. The Morgan fingerprint density at radius 1 is 0.875 bits per heavy atom. The van der Waals surface area contributed by atoms with E-state index in [0.29, 0.717) is 11.5 Å². The molecule has 1 aliphatic heterocycles. The number of ketones is 1. The number of nitrogens with zero attached hydrogens (tertiary/aromatic N) is 1. The molecule has 0 N–H and O–H groups in total. The Morgan fingerprint density at radius 2 is 1.41 bits per heavy atom. The summed E-state index contributed by atoms with van der Waals surface area (Å²) in [5.74, 6) is 0.219. The smallest absolute Gasteiger partial charge is 0.331 e. The maximum absolute atomic E-state index is 12.6. The fraction of sp³-hybridized carbons (Fsp3) is 0.357. The lowest BCUT2D eigenvalue weighted by atomic mass is 9.89. The molecule has 0 aliphatic carbocycles. The predicted octanol–water partition coefficient (Wildman–Crippen LogP) is 5.75. The van der Waals surface area contributed by atoms with Crippen LogP contribution < -0.4 is 0 Å². The van der Waals surface area contributed by atoms with Crippen molar-refractivity contribution in [2.75, 3.05) is 20.1 Å². The first-order chi connectivity index (χ1) is 15.2. The number of likely N-dealkylation sites (tertiary alicyclic amines) is 1. The molecule has 0 saturated carbocycles. The number of hydrogen-bond donors (Lipinski definition) is 0. The number of piperidine rings is 1. The summed E-state index contributed by atoms with van der Waals surface area (Å²) in [5.41, 5.74) is 3.35. The second kappa shape index (κ2) is 10.6. The number of esters is 1. The van der Waals surface area contributed by atoms with Gasteiger partial charge in [0.05, 0.1) is 0 Å². The Morgan fingerprint density at radius 3 is 1.94 bits per heavy atom. The predicted molar refractivity (Wildman–Crippen MR) is 131 cm³/mol. The maximum Gasteiger partial charge on any atom is 0.331 e. The summed E-state index contributed by atoms with van der Waals surface area (Å²) < 4.78 is 5.26. The van der Waals surface area contributed by atoms with E-state index >= 15 is 0 Å². The molecule has 0 atom stereocenters.